The molecule has 0 aliphatic carbocycles. The zero-order chi connectivity index (χ0) is 26.6. The third-order valence-electron chi connectivity index (χ3n) is 5.07. The SMILES string of the molecule is Nc1cc(S(=O)(=O)[O-])cc2cc(S(=O)(=O)[O-])c(N=Nc3ccc4ccccc4c3S(=O)(=O)O)c([O-])c12.[Na+].[Na+].[Na+]. The van der Waals surface area contributed by atoms with Crippen molar-refractivity contribution in [1.82, 2.24) is 0 Å². The van der Waals surface area contributed by atoms with Gasteiger partial charge in [0, 0.05) is 11.1 Å². The van der Waals surface area contributed by atoms with Crippen LogP contribution in [-0.2, 0) is 30.4 Å². The van der Waals surface area contributed by atoms with Gasteiger partial charge in [0.1, 0.15) is 30.8 Å². The monoisotopic (exact) mass is 619 g/mol. The number of fused-ring (bicyclic) bond motifs is 2. The van der Waals surface area contributed by atoms with Crippen LogP contribution in [-0.4, -0.2) is 38.9 Å². The number of hydrogen-bond donors (Lipinski definition) is 2. The molecule has 0 aromatic heterocycles. The van der Waals surface area contributed by atoms with Gasteiger partial charge in [0.25, 0.3) is 10.1 Å². The van der Waals surface area contributed by atoms with Crippen LogP contribution in [0.3, 0.4) is 0 Å². The summed E-state index contributed by atoms with van der Waals surface area (Å²) in [5.41, 5.74) is 3.67. The molecule has 13 nitrogen and oxygen atoms in total. The third kappa shape index (κ3) is 7.59. The molecule has 0 bridgehead atoms. The van der Waals surface area contributed by atoms with E-state index in [9.17, 15) is 44.0 Å². The molecule has 0 aliphatic rings. The number of azo groups is 1. The Labute approximate surface area is 289 Å². The Hall–Kier alpha value is -0.670. The summed E-state index contributed by atoms with van der Waals surface area (Å²) >= 11 is 0. The molecule has 4 aromatic rings. The van der Waals surface area contributed by atoms with Crippen LogP contribution in [0.2, 0.25) is 0 Å². The van der Waals surface area contributed by atoms with E-state index >= 15 is 0 Å². The van der Waals surface area contributed by atoms with Gasteiger partial charge in [0.2, 0.25) is 0 Å². The summed E-state index contributed by atoms with van der Waals surface area (Å²) in [6.45, 7) is 0. The van der Waals surface area contributed by atoms with Crippen LogP contribution >= 0.6 is 0 Å². The van der Waals surface area contributed by atoms with E-state index in [2.05, 4.69) is 10.2 Å². The number of nitrogen functional groups attached to an aromatic ring is 1. The summed E-state index contributed by atoms with van der Waals surface area (Å²) in [6.07, 6.45) is 0. The number of hydrogen-bond acceptors (Lipinski definition) is 12. The minimum atomic E-state index is -5.43. The summed E-state index contributed by atoms with van der Waals surface area (Å²) in [4.78, 5) is -2.78. The van der Waals surface area contributed by atoms with Crippen LogP contribution in [0, 0.1) is 0 Å². The molecule has 4 aromatic carbocycles. The average molecular weight is 619 g/mol. The molecule has 19 heteroatoms. The van der Waals surface area contributed by atoms with Crippen molar-refractivity contribution >= 4 is 69.0 Å². The van der Waals surface area contributed by atoms with Gasteiger partial charge < -0.3 is 19.9 Å². The van der Waals surface area contributed by atoms with Crippen molar-refractivity contribution in [3.8, 4) is 5.75 Å². The summed E-state index contributed by atoms with van der Waals surface area (Å²) in [5.74, 6) is -1.26. The van der Waals surface area contributed by atoms with E-state index < -0.39 is 78.6 Å². The van der Waals surface area contributed by atoms with Crippen LogP contribution in [0.15, 0.2) is 79.5 Å². The zero-order valence-electron chi connectivity index (χ0n) is 20.5. The Morgan fingerprint density at radius 1 is 0.769 bits per heavy atom. The van der Waals surface area contributed by atoms with Crippen LogP contribution < -0.4 is 99.5 Å². The second-order valence-electron chi connectivity index (χ2n) is 7.38. The molecule has 0 unspecified atom stereocenters. The number of nitrogens with zero attached hydrogens (tertiary/aromatic N) is 2. The van der Waals surface area contributed by atoms with Gasteiger partial charge in [-0.25, -0.2) is 16.8 Å². The maximum atomic E-state index is 13.1. The van der Waals surface area contributed by atoms with Gasteiger partial charge in [0.05, 0.1) is 15.5 Å². The molecule has 3 N–H and O–H groups in total. The molecular weight excluding hydrogens is 607 g/mol. The molecule has 4 rings (SSSR count). The first-order valence-corrected chi connectivity index (χ1v) is 13.7. The Morgan fingerprint density at radius 3 is 1.95 bits per heavy atom. The molecule has 0 spiro atoms. The third-order valence-corrected chi connectivity index (χ3v) is 7.68. The van der Waals surface area contributed by atoms with E-state index in [-0.39, 0.29) is 94.1 Å². The summed E-state index contributed by atoms with van der Waals surface area (Å²) < 4.78 is 104. The van der Waals surface area contributed by atoms with Gasteiger partial charge in [-0.15, -0.1) is 10.2 Å². The second kappa shape index (κ2) is 13.1. The summed E-state index contributed by atoms with van der Waals surface area (Å²) in [5, 5.41) is 19.7. The minimum absolute atomic E-state index is 0. The van der Waals surface area contributed by atoms with E-state index in [1.54, 1.807) is 12.1 Å². The van der Waals surface area contributed by atoms with Crippen LogP contribution in [0.1, 0.15) is 0 Å². The van der Waals surface area contributed by atoms with Crippen molar-refractivity contribution < 1.29 is 133 Å². The van der Waals surface area contributed by atoms with Crippen molar-refractivity contribution in [2.24, 2.45) is 10.2 Å². The Morgan fingerprint density at radius 2 is 1.38 bits per heavy atom. The molecule has 0 saturated heterocycles. The fourth-order valence-electron chi connectivity index (χ4n) is 3.59. The smallest absolute Gasteiger partial charge is 0.870 e. The molecule has 0 heterocycles. The van der Waals surface area contributed by atoms with Gasteiger partial charge in [-0.1, -0.05) is 36.1 Å². The first-order chi connectivity index (χ1) is 16.6. The van der Waals surface area contributed by atoms with E-state index in [4.69, 9.17) is 5.73 Å². The number of anilines is 1. The summed E-state index contributed by atoms with van der Waals surface area (Å²) in [6, 6.07) is 10.5. The molecule has 39 heavy (non-hydrogen) atoms. The zero-order valence-corrected chi connectivity index (χ0v) is 29.0. The van der Waals surface area contributed by atoms with Crippen LogP contribution in [0.5, 0.6) is 5.75 Å². The molecule has 188 valence electrons. The number of nitrogens with two attached hydrogens (primary N) is 1. The van der Waals surface area contributed by atoms with E-state index in [0.717, 1.165) is 6.07 Å². The van der Waals surface area contributed by atoms with E-state index in [1.165, 1.54) is 18.2 Å². The molecule has 0 amide bonds. The maximum absolute atomic E-state index is 13.1. The molecule has 0 aliphatic heterocycles. The van der Waals surface area contributed by atoms with Crippen molar-refractivity contribution in [3.63, 3.8) is 0 Å². The van der Waals surface area contributed by atoms with E-state index in [1.807, 2.05) is 0 Å². The molecule has 0 saturated carbocycles. The fraction of sp³-hybridized carbons (Fsp3) is 0. The standard InChI is InChI=1S/C20H15N3O10S3.3Na/c21-14-9-12(34(25,26)27)7-11-8-16(35(28,29)30)18(19(24)17(11)14)23-22-15-6-5-10-3-1-2-4-13(10)20(15)36(31,32)33;;;/h1-9,24H,21H2,(H,25,26,27)(H,28,29,30)(H,31,32,33);;;/q;3*+1/p-3. The largest absolute Gasteiger partial charge is 1.00 e. The van der Waals surface area contributed by atoms with Crippen molar-refractivity contribution in [2.45, 2.75) is 14.7 Å². The van der Waals surface area contributed by atoms with Gasteiger partial charge in [-0.2, -0.15) is 8.42 Å². The normalized spacial score (nSPS) is 12.1. The molecule has 0 atom stereocenters. The first-order valence-electron chi connectivity index (χ1n) is 9.49. The molecule has 0 fully saturated rings. The van der Waals surface area contributed by atoms with Crippen LogP contribution in [0.4, 0.5) is 17.1 Å². The van der Waals surface area contributed by atoms with Crippen molar-refractivity contribution in [1.29, 1.82) is 0 Å². The van der Waals surface area contributed by atoms with Crippen molar-refractivity contribution in [3.05, 3.63) is 54.6 Å². The van der Waals surface area contributed by atoms with E-state index in [0.29, 0.717) is 23.6 Å². The Balaban J connectivity index is 0.00000253. The van der Waals surface area contributed by atoms with Gasteiger partial charge in [0.15, 0.2) is 0 Å². The second-order valence-corrected chi connectivity index (χ2v) is 11.5. The first kappa shape index (κ1) is 36.4. The Kier molecular flexibility index (Phi) is 12.2. The number of benzene rings is 4. The molecular formula is C20H12N3Na3O10S3. The van der Waals surface area contributed by atoms with Crippen LogP contribution in [0.25, 0.3) is 21.5 Å². The predicted octanol–water partition coefficient (Wildman–Crippen LogP) is -6.87. The van der Waals surface area contributed by atoms with Gasteiger partial charge in [-0.05, 0) is 40.4 Å². The predicted molar refractivity (Wildman–Crippen MR) is 122 cm³/mol. The fourth-order valence-corrected chi connectivity index (χ4v) is 5.61. The van der Waals surface area contributed by atoms with Gasteiger partial charge >= 0.3 is 88.7 Å². The topological polar surface area (TPSA) is 243 Å². The quantitative estimate of drug-likeness (QED) is 0.0920. The van der Waals surface area contributed by atoms with Crippen molar-refractivity contribution in [2.75, 3.05) is 5.73 Å². The van der Waals surface area contributed by atoms with Gasteiger partial charge in [-0.3, -0.25) is 4.55 Å². The maximum Gasteiger partial charge on any atom is 1.00 e. The molecule has 0 radical (unpaired) electrons. The minimum Gasteiger partial charge on any atom is -0.870 e. The average Bonchev–Trinajstić information content (AvgIpc) is 2.75. The summed E-state index contributed by atoms with van der Waals surface area (Å²) in [7, 11) is -15.4. The number of rotatable bonds is 5. The Bertz CT molecular complexity index is 1950.